The van der Waals surface area contributed by atoms with Crippen LogP contribution in [0.4, 0.5) is 5.69 Å². The summed E-state index contributed by atoms with van der Waals surface area (Å²) in [6.07, 6.45) is 6.56. The van der Waals surface area contributed by atoms with Gasteiger partial charge in [0, 0.05) is 11.3 Å². The van der Waals surface area contributed by atoms with E-state index >= 15 is 0 Å². The number of hydrogen-bond acceptors (Lipinski definition) is 4. The van der Waals surface area contributed by atoms with Crippen LogP contribution in [0, 0.1) is 12.8 Å². The number of aromatic nitrogens is 4. The van der Waals surface area contributed by atoms with Gasteiger partial charge < -0.3 is 5.73 Å². The molecule has 3 rings (SSSR count). The number of tetrazole rings is 1. The monoisotopic (exact) mass is 285 g/mol. The lowest BCUT2D eigenvalue weighted by Crippen LogP contribution is -2.21. The Labute approximate surface area is 125 Å². The zero-order valence-corrected chi connectivity index (χ0v) is 12.8. The lowest BCUT2D eigenvalue weighted by Gasteiger charge is -2.28. The normalized spacial score (nSPS) is 17.8. The largest absolute Gasteiger partial charge is 0.399 e. The highest BCUT2D eigenvalue weighted by molar-refractivity contribution is 5.65. The van der Waals surface area contributed by atoms with Gasteiger partial charge in [-0.25, -0.2) is 4.68 Å². The van der Waals surface area contributed by atoms with Gasteiger partial charge in [0.05, 0.1) is 6.04 Å². The van der Waals surface area contributed by atoms with Crippen LogP contribution in [-0.2, 0) is 0 Å². The Balaban J connectivity index is 1.94. The molecule has 21 heavy (non-hydrogen) atoms. The number of anilines is 1. The minimum atomic E-state index is 0.330. The van der Waals surface area contributed by atoms with Gasteiger partial charge in [-0.2, -0.15) is 0 Å². The third-order valence-electron chi connectivity index (χ3n) is 4.71. The van der Waals surface area contributed by atoms with E-state index in [4.69, 9.17) is 5.73 Å². The molecule has 1 atom stereocenters. The zero-order chi connectivity index (χ0) is 14.8. The molecule has 1 aromatic carbocycles. The van der Waals surface area contributed by atoms with E-state index in [9.17, 15) is 0 Å². The van der Waals surface area contributed by atoms with E-state index < -0.39 is 0 Å². The van der Waals surface area contributed by atoms with Crippen molar-refractivity contribution in [1.29, 1.82) is 0 Å². The molecule has 1 unspecified atom stereocenters. The Hall–Kier alpha value is -1.91. The number of benzene rings is 1. The van der Waals surface area contributed by atoms with E-state index in [1.165, 1.54) is 32.1 Å². The highest BCUT2D eigenvalue weighted by Crippen LogP contribution is 2.34. The van der Waals surface area contributed by atoms with Gasteiger partial charge in [0.1, 0.15) is 0 Å². The molecule has 1 saturated carbocycles. The van der Waals surface area contributed by atoms with Crippen molar-refractivity contribution in [2.24, 2.45) is 5.92 Å². The van der Waals surface area contributed by atoms with Crippen LogP contribution in [0.25, 0.3) is 11.4 Å². The van der Waals surface area contributed by atoms with E-state index in [1.807, 2.05) is 22.9 Å². The highest BCUT2D eigenvalue weighted by Gasteiger charge is 2.25. The molecule has 112 valence electrons. The molecule has 0 spiro atoms. The number of nitrogens with zero attached hydrogens (tertiary/aromatic N) is 4. The lowest BCUT2D eigenvalue weighted by atomic mass is 9.84. The molecule has 1 heterocycles. The van der Waals surface area contributed by atoms with Gasteiger partial charge in [-0.05, 0) is 60.7 Å². The van der Waals surface area contributed by atoms with Crippen LogP contribution < -0.4 is 5.73 Å². The first-order valence-electron chi connectivity index (χ1n) is 7.81. The van der Waals surface area contributed by atoms with Crippen LogP contribution >= 0.6 is 0 Å². The molecule has 1 aliphatic carbocycles. The summed E-state index contributed by atoms with van der Waals surface area (Å²) in [4.78, 5) is 0. The smallest absolute Gasteiger partial charge is 0.182 e. The Morgan fingerprint density at radius 1 is 1.24 bits per heavy atom. The fourth-order valence-corrected chi connectivity index (χ4v) is 3.34. The molecule has 0 radical (unpaired) electrons. The van der Waals surface area contributed by atoms with E-state index in [-0.39, 0.29) is 0 Å². The van der Waals surface area contributed by atoms with Crippen molar-refractivity contribution in [3.05, 3.63) is 23.8 Å². The van der Waals surface area contributed by atoms with Crippen molar-refractivity contribution in [3.8, 4) is 11.4 Å². The Morgan fingerprint density at radius 2 is 2.00 bits per heavy atom. The number of aryl methyl sites for hydroxylation is 1. The quantitative estimate of drug-likeness (QED) is 0.878. The molecule has 1 fully saturated rings. The maximum absolute atomic E-state index is 5.92. The first kappa shape index (κ1) is 14.0. The standard InChI is InChI=1S/C16H23N5/c1-11-8-9-14(17)10-15(11)16-18-19-20-21(16)12(2)13-6-4-3-5-7-13/h8-10,12-13H,3-7,17H2,1-2H3. The number of hydrogen-bond donors (Lipinski definition) is 1. The fourth-order valence-electron chi connectivity index (χ4n) is 3.34. The number of nitrogen functional groups attached to an aromatic ring is 1. The third kappa shape index (κ3) is 2.77. The van der Waals surface area contributed by atoms with Gasteiger partial charge in [0.15, 0.2) is 5.82 Å². The van der Waals surface area contributed by atoms with E-state index in [2.05, 4.69) is 29.4 Å². The van der Waals surface area contributed by atoms with Gasteiger partial charge in [0.25, 0.3) is 0 Å². The summed E-state index contributed by atoms with van der Waals surface area (Å²) in [5, 5.41) is 12.4. The number of rotatable bonds is 3. The minimum absolute atomic E-state index is 0.330. The second-order valence-electron chi connectivity index (χ2n) is 6.16. The summed E-state index contributed by atoms with van der Waals surface area (Å²) in [5.41, 5.74) is 8.85. The van der Waals surface area contributed by atoms with Crippen LogP contribution in [0.15, 0.2) is 18.2 Å². The average molecular weight is 285 g/mol. The first-order chi connectivity index (χ1) is 10.2. The molecule has 1 aliphatic rings. The van der Waals surface area contributed by atoms with Crippen molar-refractivity contribution in [3.63, 3.8) is 0 Å². The Bertz CT molecular complexity index is 613. The first-order valence-corrected chi connectivity index (χ1v) is 7.81. The zero-order valence-electron chi connectivity index (χ0n) is 12.8. The summed E-state index contributed by atoms with van der Waals surface area (Å²) in [7, 11) is 0. The van der Waals surface area contributed by atoms with Crippen LogP contribution in [0.3, 0.4) is 0 Å². The van der Waals surface area contributed by atoms with Crippen LogP contribution in [0.5, 0.6) is 0 Å². The van der Waals surface area contributed by atoms with Crippen molar-refractivity contribution < 1.29 is 0 Å². The van der Waals surface area contributed by atoms with Crippen molar-refractivity contribution in [2.75, 3.05) is 5.73 Å². The van der Waals surface area contributed by atoms with Gasteiger partial charge in [-0.15, -0.1) is 5.10 Å². The average Bonchev–Trinajstić information content (AvgIpc) is 2.99. The molecule has 2 aromatic rings. The van der Waals surface area contributed by atoms with Gasteiger partial charge in [-0.1, -0.05) is 25.3 Å². The number of nitrogens with two attached hydrogens (primary N) is 1. The summed E-state index contributed by atoms with van der Waals surface area (Å²) in [5.74, 6) is 1.50. The van der Waals surface area contributed by atoms with E-state index in [0.29, 0.717) is 12.0 Å². The maximum Gasteiger partial charge on any atom is 0.182 e. The minimum Gasteiger partial charge on any atom is -0.399 e. The van der Waals surface area contributed by atoms with E-state index in [1.54, 1.807) is 0 Å². The lowest BCUT2D eigenvalue weighted by molar-refractivity contribution is 0.249. The predicted molar refractivity (Wildman–Crippen MR) is 83.7 cm³/mol. The summed E-state index contributed by atoms with van der Waals surface area (Å²) >= 11 is 0. The second-order valence-corrected chi connectivity index (χ2v) is 6.16. The summed E-state index contributed by atoms with van der Waals surface area (Å²) < 4.78 is 1.98. The fraction of sp³-hybridized carbons (Fsp3) is 0.562. The molecule has 0 aliphatic heterocycles. The van der Waals surface area contributed by atoms with Crippen LogP contribution in [0.1, 0.15) is 50.6 Å². The molecular weight excluding hydrogens is 262 g/mol. The third-order valence-corrected chi connectivity index (χ3v) is 4.71. The van der Waals surface area contributed by atoms with Gasteiger partial charge >= 0.3 is 0 Å². The van der Waals surface area contributed by atoms with Crippen LogP contribution in [-0.4, -0.2) is 20.2 Å². The molecule has 2 N–H and O–H groups in total. The van der Waals surface area contributed by atoms with Crippen molar-refractivity contribution >= 4 is 5.69 Å². The molecule has 5 heteroatoms. The van der Waals surface area contributed by atoms with E-state index in [0.717, 1.165) is 22.6 Å². The molecular formula is C16H23N5. The Kier molecular flexibility index (Phi) is 3.90. The topological polar surface area (TPSA) is 69.6 Å². The molecule has 0 bridgehead atoms. The second kappa shape index (κ2) is 5.84. The molecule has 5 nitrogen and oxygen atoms in total. The Morgan fingerprint density at radius 3 is 2.76 bits per heavy atom. The van der Waals surface area contributed by atoms with Crippen molar-refractivity contribution in [1.82, 2.24) is 20.2 Å². The van der Waals surface area contributed by atoms with Gasteiger partial charge in [0.2, 0.25) is 0 Å². The summed E-state index contributed by atoms with van der Waals surface area (Å²) in [6, 6.07) is 6.23. The molecule has 1 aromatic heterocycles. The SMILES string of the molecule is Cc1ccc(N)cc1-c1nnnn1C(C)C1CCCCC1. The predicted octanol–water partition coefficient (Wildman–Crippen LogP) is 3.37. The van der Waals surface area contributed by atoms with Crippen LogP contribution in [0.2, 0.25) is 0 Å². The summed E-state index contributed by atoms with van der Waals surface area (Å²) in [6.45, 7) is 4.30. The molecule has 0 saturated heterocycles. The van der Waals surface area contributed by atoms with Gasteiger partial charge in [-0.3, -0.25) is 0 Å². The maximum atomic E-state index is 5.92. The van der Waals surface area contributed by atoms with Crippen molar-refractivity contribution in [2.45, 2.75) is 52.0 Å². The molecule has 0 amide bonds. The highest BCUT2D eigenvalue weighted by atomic mass is 15.5.